The molecule has 0 aromatic heterocycles. The van der Waals surface area contributed by atoms with Crippen molar-refractivity contribution in [3.63, 3.8) is 0 Å². The van der Waals surface area contributed by atoms with E-state index >= 15 is 0 Å². The van der Waals surface area contributed by atoms with Gasteiger partial charge in [0, 0.05) is 6.42 Å². The zero-order valence-corrected chi connectivity index (χ0v) is 11.9. The van der Waals surface area contributed by atoms with E-state index in [1.54, 1.807) is 25.1 Å². The minimum absolute atomic E-state index is 0.1000. The SMILES string of the molecule is Cc1cccc(NC(=O)C[C@@H](CN)CC(C)C)c1O. The molecule has 4 heteroatoms. The van der Waals surface area contributed by atoms with Gasteiger partial charge in [0.2, 0.25) is 5.91 Å². The van der Waals surface area contributed by atoms with Crippen LogP contribution in [0.15, 0.2) is 18.2 Å². The second kappa shape index (κ2) is 7.14. The smallest absolute Gasteiger partial charge is 0.224 e. The van der Waals surface area contributed by atoms with E-state index in [1.807, 2.05) is 0 Å². The lowest BCUT2D eigenvalue weighted by atomic mass is 9.94. The number of hydrogen-bond acceptors (Lipinski definition) is 3. The van der Waals surface area contributed by atoms with Crippen LogP contribution in [0.1, 0.15) is 32.3 Å². The molecule has 0 heterocycles. The number of carbonyl (C=O) groups excluding carboxylic acids is 1. The van der Waals surface area contributed by atoms with E-state index in [0.717, 1.165) is 12.0 Å². The summed E-state index contributed by atoms with van der Waals surface area (Å²) in [6, 6.07) is 5.30. The number of aryl methyl sites for hydroxylation is 1. The Morgan fingerprint density at radius 2 is 2.11 bits per heavy atom. The fraction of sp³-hybridized carbons (Fsp3) is 0.533. The molecule has 106 valence electrons. The number of hydrogen-bond donors (Lipinski definition) is 3. The molecule has 1 rings (SSSR count). The Kier molecular flexibility index (Phi) is 5.83. The molecular weight excluding hydrogens is 240 g/mol. The van der Waals surface area contributed by atoms with Crippen LogP contribution in [-0.4, -0.2) is 17.6 Å². The van der Waals surface area contributed by atoms with Crippen LogP contribution in [0.25, 0.3) is 0 Å². The van der Waals surface area contributed by atoms with Gasteiger partial charge in [0.1, 0.15) is 5.75 Å². The third-order valence-electron chi connectivity index (χ3n) is 3.12. The van der Waals surface area contributed by atoms with Gasteiger partial charge in [0.25, 0.3) is 0 Å². The lowest BCUT2D eigenvalue weighted by Crippen LogP contribution is -2.23. The van der Waals surface area contributed by atoms with Crippen molar-refractivity contribution in [2.75, 3.05) is 11.9 Å². The minimum atomic E-state index is -0.1000. The Hall–Kier alpha value is -1.55. The van der Waals surface area contributed by atoms with Crippen LogP contribution in [0, 0.1) is 18.8 Å². The summed E-state index contributed by atoms with van der Waals surface area (Å²) in [5.41, 5.74) is 6.90. The first kappa shape index (κ1) is 15.5. The van der Waals surface area contributed by atoms with Gasteiger partial charge >= 0.3 is 0 Å². The molecule has 1 aromatic carbocycles. The average Bonchev–Trinajstić information content (AvgIpc) is 2.33. The van der Waals surface area contributed by atoms with Crippen molar-refractivity contribution in [3.05, 3.63) is 23.8 Å². The number of para-hydroxylation sites is 1. The molecule has 0 radical (unpaired) electrons. The van der Waals surface area contributed by atoms with Gasteiger partial charge in [-0.25, -0.2) is 0 Å². The number of nitrogens with two attached hydrogens (primary N) is 1. The second-order valence-corrected chi connectivity index (χ2v) is 5.45. The maximum Gasteiger partial charge on any atom is 0.224 e. The van der Waals surface area contributed by atoms with Crippen LogP contribution in [0.3, 0.4) is 0 Å². The highest BCUT2D eigenvalue weighted by Crippen LogP contribution is 2.27. The van der Waals surface area contributed by atoms with E-state index < -0.39 is 0 Å². The Balaban J connectivity index is 2.62. The third kappa shape index (κ3) is 4.91. The monoisotopic (exact) mass is 264 g/mol. The van der Waals surface area contributed by atoms with E-state index in [4.69, 9.17) is 5.73 Å². The van der Waals surface area contributed by atoms with Crippen LogP contribution in [-0.2, 0) is 4.79 Å². The van der Waals surface area contributed by atoms with E-state index in [9.17, 15) is 9.90 Å². The molecule has 0 aliphatic rings. The van der Waals surface area contributed by atoms with Gasteiger partial charge < -0.3 is 16.2 Å². The number of rotatable bonds is 6. The summed E-state index contributed by atoms with van der Waals surface area (Å²) in [7, 11) is 0. The zero-order valence-electron chi connectivity index (χ0n) is 11.9. The summed E-state index contributed by atoms with van der Waals surface area (Å²) in [5.74, 6) is 0.738. The van der Waals surface area contributed by atoms with Crippen molar-refractivity contribution < 1.29 is 9.90 Å². The Morgan fingerprint density at radius 3 is 2.68 bits per heavy atom. The summed E-state index contributed by atoms with van der Waals surface area (Å²) < 4.78 is 0. The quantitative estimate of drug-likeness (QED) is 0.691. The molecular formula is C15H24N2O2. The first-order chi connectivity index (χ1) is 8.93. The fourth-order valence-electron chi connectivity index (χ4n) is 2.15. The topological polar surface area (TPSA) is 75.4 Å². The van der Waals surface area contributed by atoms with Gasteiger partial charge in [0.15, 0.2) is 0 Å². The largest absolute Gasteiger partial charge is 0.505 e. The third-order valence-corrected chi connectivity index (χ3v) is 3.12. The van der Waals surface area contributed by atoms with Gasteiger partial charge in [-0.05, 0) is 43.4 Å². The highest BCUT2D eigenvalue weighted by Gasteiger charge is 2.15. The summed E-state index contributed by atoms with van der Waals surface area (Å²) in [6.45, 7) is 6.54. The van der Waals surface area contributed by atoms with E-state index in [1.165, 1.54) is 0 Å². The Morgan fingerprint density at radius 1 is 1.42 bits per heavy atom. The molecule has 1 atom stereocenters. The van der Waals surface area contributed by atoms with Crippen molar-refractivity contribution >= 4 is 11.6 Å². The molecule has 19 heavy (non-hydrogen) atoms. The van der Waals surface area contributed by atoms with Crippen molar-refractivity contribution in [3.8, 4) is 5.75 Å². The minimum Gasteiger partial charge on any atom is -0.505 e. The molecule has 4 N–H and O–H groups in total. The molecule has 0 aliphatic heterocycles. The average molecular weight is 264 g/mol. The van der Waals surface area contributed by atoms with Crippen LogP contribution in [0.4, 0.5) is 5.69 Å². The molecule has 0 aliphatic carbocycles. The van der Waals surface area contributed by atoms with Crippen LogP contribution >= 0.6 is 0 Å². The molecule has 0 saturated carbocycles. The number of nitrogens with one attached hydrogen (secondary N) is 1. The number of anilines is 1. The summed E-state index contributed by atoms with van der Waals surface area (Å²) in [6.07, 6.45) is 1.33. The standard InChI is InChI=1S/C15H24N2O2/c1-10(2)7-12(9-16)8-14(18)17-13-6-4-5-11(3)15(13)19/h4-6,10,12,19H,7-9,16H2,1-3H3,(H,17,18)/t12-/m0/s1. The van der Waals surface area contributed by atoms with Gasteiger partial charge in [-0.2, -0.15) is 0 Å². The number of phenolic OH excluding ortho intramolecular Hbond substituents is 1. The normalized spacial score (nSPS) is 12.5. The molecule has 0 fully saturated rings. The van der Waals surface area contributed by atoms with Crippen molar-refractivity contribution in [2.45, 2.75) is 33.6 Å². The molecule has 1 amide bonds. The maximum absolute atomic E-state index is 11.9. The number of carbonyl (C=O) groups is 1. The lowest BCUT2D eigenvalue weighted by molar-refractivity contribution is -0.117. The van der Waals surface area contributed by atoms with E-state index in [2.05, 4.69) is 19.2 Å². The highest BCUT2D eigenvalue weighted by molar-refractivity contribution is 5.92. The number of phenols is 1. The van der Waals surface area contributed by atoms with Gasteiger partial charge in [-0.15, -0.1) is 0 Å². The summed E-state index contributed by atoms with van der Waals surface area (Å²) in [5, 5.41) is 12.6. The highest BCUT2D eigenvalue weighted by atomic mass is 16.3. The predicted octanol–water partition coefficient (Wildman–Crippen LogP) is 2.65. The first-order valence-corrected chi connectivity index (χ1v) is 6.72. The van der Waals surface area contributed by atoms with Crippen molar-refractivity contribution in [2.24, 2.45) is 17.6 Å². The van der Waals surface area contributed by atoms with Gasteiger partial charge in [-0.1, -0.05) is 26.0 Å². The van der Waals surface area contributed by atoms with Crippen LogP contribution in [0.5, 0.6) is 5.75 Å². The summed E-state index contributed by atoms with van der Waals surface area (Å²) in [4.78, 5) is 11.9. The van der Waals surface area contributed by atoms with E-state index in [-0.39, 0.29) is 17.6 Å². The van der Waals surface area contributed by atoms with Crippen molar-refractivity contribution in [1.29, 1.82) is 0 Å². The molecule has 1 aromatic rings. The lowest BCUT2D eigenvalue weighted by Gasteiger charge is -2.17. The van der Waals surface area contributed by atoms with Crippen LogP contribution in [0.2, 0.25) is 0 Å². The van der Waals surface area contributed by atoms with Gasteiger partial charge in [-0.3, -0.25) is 4.79 Å². The second-order valence-electron chi connectivity index (χ2n) is 5.45. The van der Waals surface area contributed by atoms with E-state index in [0.29, 0.717) is 24.6 Å². The summed E-state index contributed by atoms with van der Waals surface area (Å²) >= 11 is 0. The molecule has 0 saturated heterocycles. The first-order valence-electron chi connectivity index (χ1n) is 6.72. The number of aromatic hydroxyl groups is 1. The van der Waals surface area contributed by atoms with Gasteiger partial charge in [0.05, 0.1) is 5.69 Å². The number of amides is 1. The van der Waals surface area contributed by atoms with Crippen molar-refractivity contribution in [1.82, 2.24) is 0 Å². The Bertz CT molecular complexity index is 430. The zero-order chi connectivity index (χ0) is 14.4. The fourth-order valence-corrected chi connectivity index (χ4v) is 2.15. The predicted molar refractivity (Wildman–Crippen MR) is 78.1 cm³/mol. The Labute approximate surface area is 115 Å². The molecule has 0 bridgehead atoms. The van der Waals surface area contributed by atoms with Crippen LogP contribution < -0.4 is 11.1 Å². The number of benzene rings is 1. The molecule has 0 spiro atoms. The maximum atomic E-state index is 11.9. The molecule has 0 unspecified atom stereocenters. The molecule has 4 nitrogen and oxygen atoms in total.